The average molecular weight is 463 g/mol. The first kappa shape index (κ1) is 22.4. The van der Waals surface area contributed by atoms with E-state index in [1.165, 1.54) is 25.6 Å². The Morgan fingerprint density at radius 2 is 1.97 bits per heavy atom. The Bertz CT molecular complexity index is 1280. The number of fused-ring (bicyclic) bond motifs is 1. The number of sulfonamides is 1. The number of hydrogen-bond donors (Lipinski definition) is 4. The van der Waals surface area contributed by atoms with E-state index in [9.17, 15) is 17.9 Å². The van der Waals surface area contributed by atoms with Crippen molar-refractivity contribution in [3.63, 3.8) is 0 Å². The van der Waals surface area contributed by atoms with Crippen LogP contribution in [0.15, 0.2) is 74.9 Å². The summed E-state index contributed by atoms with van der Waals surface area (Å²) >= 11 is 1.01. The number of hydrazine groups is 1. The summed E-state index contributed by atoms with van der Waals surface area (Å²) in [7, 11) is -2.94. The molecule has 0 saturated heterocycles. The average Bonchev–Trinajstić information content (AvgIpc) is 2.75. The lowest BCUT2D eigenvalue weighted by Gasteiger charge is -2.16. The van der Waals surface area contributed by atoms with Crippen molar-refractivity contribution < 1.29 is 22.7 Å². The highest BCUT2D eigenvalue weighted by molar-refractivity contribution is 8.03. The third kappa shape index (κ3) is 4.90. The smallest absolute Gasteiger partial charge is 0.265 e. The van der Waals surface area contributed by atoms with Gasteiger partial charge in [0.05, 0.1) is 22.7 Å². The predicted octanol–water partition coefficient (Wildman–Crippen LogP) is 3.55. The van der Waals surface area contributed by atoms with Gasteiger partial charge in [-0.2, -0.15) is 0 Å². The minimum absolute atomic E-state index is 0.0106. The fourth-order valence-electron chi connectivity index (χ4n) is 2.82. The molecule has 162 valence electrons. The highest BCUT2D eigenvalue weighted by Crippen LogP contribution is 2.42. The van der Waals surface area contributed by atoms with Crippen LogP contribution in [0, 0.1) is 5.82 Å². The Hall–Kier alpha value is -3.28. The van der Waals surface area contributed by atoms with Gasteiger partial charge in [-0.25, -0.2) is 23.6 Å². The molecule has 31 heavy (non-hydrogen) atoms. The number of anilines is 1. The van der Waals surface area contributed by atoms with Gasteiger partial charge in [0, 0.05) is 10.8 Å². The summed E-state index contributed by atoms with van der Waals surface area (Å²) in [6, 6.07) is 11.3. The van der Waals surface area contributed by atoms with Gasteiger partial charge in [0.15, 0.2) is 0 Å². The van der Waals surface area contributed by atoms with Crippen molar-refractivity contribution in [1.29, 1.82) is 0 Å². The molecular formula is C20H19FN4O4S2. The van der Waals surface area contributed by atoms with Gasteiger partial charge in [0.2, 0.25) is 0 Å². The number of phenolic OH excluding ortho intramolecular Hbond substituents is 1. The van der Waals surface area contributed by atoms with E-state index in [-0.39, 0.29) is 22.1 Å². The molecule has 8 nitrogen and oxygen atoms in total. The van der Waals surface area contributed by atoms with Gasteiger partial charge in [0.25, 0.3) is 10.0 Å². The number of aliphatic imine (C=N–C) groups is 1. The van der Waals surface area contributed by atoms with E-state index in [0.717, 1.165) is 23.9 Å². The van der Waals surface area contributed by atoms with E-state index < -0.39 is 15.8 Å². The molecule has 0 saturated carbocycles. The number of halogens is 1. The predicted molar refractivity (Wildman–Crippen MR) is 120 cm³/mol. The molecule has 0 atom stereocenters. The molecule has 3 aromatic rings. The van der Waals surface area contributed by atoms with Gasteiger partial charge in [0.1, 0.15) is 28.6 Å². The first-order chi connectivity index (χ1) is 14.8. The lowest BCUT2D eigenvalue weighted by molar-refractivity contribution is 0.401. The zero-order valence-electron chi connectivity index (χ0n) is 16.3. The molecule has 11 heteroatoms. The summed E-state index contributed by atoms with van der Waals surface area (Å²) in [5, 5.41) is 11.8. The summed E-state index contributed by atoms with van der Waals surface area (Å²) in [6.45, 7) is 3.75. The maximum Gasteiger partial charge on any atom is 0.265 e. The van der Waals surface area contributed by atoms with E-state index in [1.807, 2.05) is 0 Å². The Balaban J connectivity index is 2.11. The number of nitrogens with one attached hydrogen (secondary N) is 2. The van der Waals surface area contributed by atoms with Crippen LogP contribution in [0.25, 0.3) is 10.8 Å². The van der Waals surface area contributed by atoms with Gasteiger partial charge < -0.3 is 15.3 Å². The van der Waals surface area contributed by atoms with Crippen molar-refractivity contribution >= 4 is 44.6 Å². The molecule has 3 aromatic carbocycles. The number of aromatic hydroxyl groups is 1. The van der Waals surface area contributed by atoms with E-state index >= 15 is 0 Å². The third-order valence-corrected chi connectivity index (χ3v) is 6.41. The van der Waals surface area contributed by atoms with Gasteiger partial charge in [-0.05, 0) is 24.3 Å². The SMILES string of the molecule is C=C(N=CNN)Sc1cc(NS(=O)(=O)c2cc(F)ccc2OC)c2ccccc2c1O. The Kier molecular flexibility index (Phi) is 6.68. The number of methoxy groups -OCH3 is 1. The van der Waals surface area contributed by atoms with Crippen molar-refractivity contribution in [3.05, 3.63) is 66.0 Å². The largest absolute Gasteiger partial charge is 0.506 e. The summed E-state index contributed by atoms with van der Waals surface area (Å²) in [6.07, 6.45) is 1.22. The van der Waals surface area contributed by atoms with Crippen LogP contribution < -0.4 is 20.7 Å². The number of nitrogens with zero attached hydrogens (tertiary/aromatic N) is 1. The molecule has 0 aliphatic heterocycles. The molecule has 0 aliphatic rings. The molecule has 0 heterocycles. The minimum Gasteiger partial charge on any atom is -0.506 e. The lowest BCUT2D eigenvalue weighted by Crippen LogP contribution is -2.18. The maximum absolute atomic E-state index is 13.7. The summed E-state index contributed by atoms with van der Waals surface area (Å²) in [5.74, 6) is 4.34. The van der Waals surface area contributed by atoms with Crippen molar-refractivity contribution in [2.45, 2.75) is 9.79 Å². The number of phenols is 1. The number of thioether (sulfide) groups is 1. The maximum atomic E-state index is 13.7. The first-order valence-corrected chi connectivity index (χ1v) is 11.0. The van der Waals surface area contributed by atoms with Gasteiger partial charge >= 0.3 is 0 Å². The van der Waals surface area contributed by atoms with Gasteiger partial charge in [-0.1, -0.05) is 42.6 Å². The zero-order valence-corrected chi connectivity index (χ0v) is 17.9. The number of nitrogens with two attached hydrogens (primary N) is 1. The molecule has 5 N–H and O–H groups in total. The monoisotopic (exact) mass is 462 g/mol. The molecule has 0 radical (unpaired) electrons. The molecule has 0 amide bonds. The van der Waals surface area contributed by atoms with Crippen molar-refractivity contribution in [1.82, 2.24) is 5.43 Å². The first-order valence-electron chi connectivity index (χ1n) is 8.73. The van der Waals surface area contributed by atoms with Crippen molar-refractivity contribution in [3.8, 4) is 11.5 Å². The molecule has 0 aliphatic carbocycles. The van der Waals surface area contributed by atoms with E-state index in [2.05, 4.69) is 21.7 Å². The highest BCUT2D eigenvalue weighted by atomic mass is 32.2. The second-order valence-corrected chi connectivity index (χ2v) is 8.90. The molecule has 0 bridgehead atoms. The fraction of sp³-hybridized carbons (Fsp3) is 0.0500. The van der Waals surface area contributed by atoms with E-state index in [0.29, 0.717) is 20.7 Å². The lowest BCUT2D eigenvalue weighted by atomic mass is 10.1. The number of rotatable bonds is 8. The van der Waals surface area contributed by atoms with Crippen molar-refractivity contribution in [2.75, 3.05) is 11.8 Å². The van der Waals surface area contributed by atoms with Crippen LogP contribution in [0.1, 0.15) is 0 Å². The van der Waals surface area contributed by atoms with Crippen LogP contribution in [-0.4, -0.2) is 27.0 Å². The van der Waals surface area contributed by atoms with Gasteiger partial charge in [-0.15, -0.1) is 0 Å². The molecule has 0 aromatic heterocycles. The topological polar surface area (TPSA) is 126 Å². The number of ether oxygens (including phenoxy) is 1. The molecule has 3 rings (SSSR count). The molecular weight excluding hydrogens is 443 g/mol. The normalized spacial score (nSPS) is 11.6. The van der Waals surface area contributed by atoms with Crippen LogP contribution in [0.5, 0.6) is 11.5 Å². The van der Waals surface area contributed by atoms with Crippen molar-refractivity contribution in [2.24, 2.45) is 10.8 Å². The molecule has 0 unspecified atom stereocenters. The van der Waals surface area contributed by atoms with Gasteiger partial charge in [-0.3, -0.25) is 4.72 Å². The summed E-state index contributed by atoms with van der Waals surface area (Å²) < 4.78 is 47.4. The third-order valence-electron chi connectivity index (χ3n) is 4.15. The van der Waals surface area contributed by atoms with Crippen LogP contribution in [-0.2, 0) is 10.0 Å². The van der Waals surface area contributed by atoms with Crippen LogP contribution in [0.2, 0.25) is 0 Å². The van der Waals surface area contributed by atoms with E-state index in [4.69, 9.17) is 10.6 Å². The summed E-state index contributed by atoms with van der Waals surface area (Å²) in [5.41, 5.74) is 2.42. The molecule has 0 fully saturated rings. The quantitative estimate of drug-likeness (QED) is 0.101. The summed E-state index contributed by atoms with van der Waals surface area (Å²) in [4.78, 5) is 3.89. The second kappa shape index (κ2) is 9.25. The zero-order chi connectivity index (χ0) is 22.6. The second-order valence-electron chi connectivity index (χ2n) is 6.14. The van der Waals surface area contributed by atoms with Crippen LogP contribution in [0.4, 0.5) is 10.1 Å². The standard InChI is InChI=1S/C20H19FN4O4S2/c1-12(23-11-24-22)30-18-10-16(14-5-3-4-6-15(14)20(18)26)25-31(27,28)19-9-13(21)7-8-17(19)29-2/h3-11,25-26H,1,22H2,2H3,(H,23,24). The Morgan fingerprint density at radius 3 is 2.65 bits per heavy atom. The highest BCUT2D eigenvalue weighted by Gasteiger charge is 2.23. The minimum atomic E-state index is -4.23. The van der Waals surface area contributed by atoms with Crippen LogP contribution >= 0.6 is 11.8 Å². The van der Waals surface area contributed by atoms with E-state index in [1.54, 1.807) is 24.3 Å². The van der Waals surface area contributed by atoms with Crippen LogP contribution in [0.3, 0.4) is 0 Å². The Labute approximate surface area is 182 Å². The fourth-order valence-corrected chi connectivity index (χ4v) is 4.81. The number of hydrogen-bond acceptors (Lipinski definition) is 7. The number of benzene rings is 3. The molecule has 0 spiro atoms. The Morgan fingerprint density at radius 1 is 1.26 bits per heavy atom.